The van der Waals surface area contributed by atoms with Crippen LogP contribution in [0, 0.1) is 0 Å². The van der Waals surface area contributed by atoms with Gasteiger partial charge < -0.3 is 9.64 Å². The lowest BCUT2D eigenvalue weighted by Gasteiger charge is -2.22. The Morgan fingerprint density at radius 2 is 1.83 bits per heavy atom. The van der Waals surface area contributed by atoms with Crippen LogP contribution in [0.2, 0.25) is 0 Å². The quantitative estimate of drug-likeness (QED) is 0.195. The van der Waals surface area contributed by atoms with Crippen LogP contribution in [0.5, 0.6) is 5.75 Å². The fourth-order valence-corrected chi connectivity index (χ4v) is 4.79. The van der Waals surface area contributed by atoms with E-state index in [1.165, 1.54) is 17.3 Å². The average Bonchev–Trinajstić information content (AvgIpc) is 3.28. The number of fused-ring (bicyclic) bond motifs is 1. The second-order valence-electron chi connectivity index (χ2n) is 8.01. The summed E-state index contributed by atoms with van der Waals surface area (Å²) in [6, 6.07) is 22.2. The minimum atomic E-state index is 0.0239. The Kier molecular flexibility index (Phi) is 8.21. The van der Waals surface area contributed by atoms with Crippen molar-refractivity contribution >= 4 is 34.1 Å². The van der Waals surface area contributed by atoms with Crippen molar-refractivity contribution in [3.63, 3.8) is 0 Å². The van der Waals surface area contributed by atoms with Crippen molar-refractivity contribution < 1.29 is 9.53 Å². The monoisotopic (exact) mass is 486 g/mol. The standard InChI is InChI=1S/C28H30N4O2S/c1-4-18-32-26(19-34-23-16-14-21(5-2)15-17-23)29-30-28(32)35-20-27(33)31(6-3)25-13-9-11-22-10-7-8-12-24(22)25/h4,7-17H,1,5-6,18-20H2,2-3H3. The first-order chi connectivity index (χ1) is 17.1. The molecule has 0 aliphatic heterocycles. The first-order valence-electron chi connectivity index (χ1n) is 11.8. The first-order valence-corrected chi connectivity index (χ1v) is 12.8. The highest BCUT2D eigenvalue weighted by Gasteiger charge is 2.19. The van der Waals surface area contributed by atoms with Crippen LogP contribution in [0.4, 0.5) is 5.69 Å². The SMILES string of the molecule is C=CCn1c(COc2ccc(CC)cc2)nnc1SCC(=O)N(CC)c1cccc2ccccc12. The van der Waals surface area contributed by atoms with Crippen LogP contribution in [0.15, 0.2) is 84.5 Å². The molecule has 3 aromatic carbocycles. The van der Waals surface area contributed by atoms with Crippen molar-refractivity contribution in [1.82, 2.24) is 14.8 Å². The summed E-state index contributed by atoms with van der Waals surface area (Å²) in [7, 11) is 0. The molecule has 0 spiro atoms. The maximum atomic E-state index is 13.2. The van der Waals surface area contributed by atoms with Gasteiger partial charge in [0.25, 0.3) is 0 Å². The van der Waals surface area contributed by atoms with E-state index >= 15 is 0 Å². The van der Waals surface area contributed by atoms with E-state index in [1.54, 1.807) is 6.08 Å². The van der Waals surface area contributed by atoms with Gasteiger partial charge in [-0.15, -0.1) is 16.8 Å². The molecule has 0 fully saturated rings. The molecule has 0 unspecified atom stereocenters. The van der Waals surface area contributed by atoms with E-state index in [0.29, 0.717) is 24.1 Å². The number of amides is 1. The van der Waals surface area contributed by atoms with Gasteiger partial charge in [-0.3, -0.25) is 9.36 Å². The molecule has 0 aliphatic carbocycles. The second-order valence-corrected chi connectivity index (χ2v) is 8.95. The largest absolute Gasteiger partial charge is 0.486 e. The topological polar surface area (TPSA) is 60.2 Å². The van der Waals surface area contributed by atoms with Gasteiger partial charge in [0.05, 0.1) is 11.4 Å². The molecule has 0 N–H and O–H groups in total. The van der Waals surface area contributed by atoms with Crippen molar-refractivity contribution in [2.24, 2.45) is 0 Å². The Labute approximate surface area is 210 Å². The van der Waals surface area contributed by atoms with Gasteiger partial charge in [0.1, 0.15) is 12.4 Å². The molecule has 6 nitrogen and oxygen atoms in total. The third kappa shape index (κ3) is 5.74. The minimum Gasteiger partial charge on any atom is -0.486 e. The average molecular weight is 487 g/mol. The molecule has 4 rings (SSSR count). The number of anilines is 1. The molecule has 0 atom stereocenters. The molecule has 35 heavy (non-hydrogen) atoms. The van der Waals surface area contributed by atoms with Gasteiger partial charge in [0, 0.05) is 18.5 Å². The zero-order valence-electron chi connectivity index (χ0n) is 20.2. The third-order valence-corrected chi connectivity index (χ3v) is 6.76. The Hall–Kier alpha value is -3.58. The Bertz CT molecular complexity index is 1290. The number of benzene rings is 3. The Morgan fingerprint density at radius 3 is 2.57 bits per heavy atom. The van der Waals surface area contributed by atoms with Gasteiger partial charge in [-0.25, -0.2) is 0 Å². The highest BCUT2D eigenvalue weighted by Crippen LogP contribution is 2.28. The highest BCUT2D eigenvalue weighted by atomic mass is 32.2. The van der Waals surface area contributed by atoms with Crippen molar-refractivity contribution in [3.05, 3.63) is 90.8 Å². The number of carbonyl (C=O) groups excluding carboxylic acids is 1. The van der Waals surface area contributed by atoms with Crippen LogP contribution in [-0.4, -0.2) is 33.0 Å². The van der Waals surface area contributed by atoms with E-state index in [-0.39, 0.29) is 18.3 Å². The number of hydrogen-bond donors (Lipinski definition) is 0. The number of thioether (sulfide) groups is 1. The number of aromatic nitrogens is 3. The molecule has 0 saturated heterocycles. The molecule has 0 aliphatic rings. The maximum absolute atomic E-state index is 13.2. The van der Waals surface area contributed by atoms with E-state index in [0.717, 1.165) is 28.6 Å². The fraction of sp³-hybridized carbons (Fsp3) is 0.250. The molecule has 0 saturated carbocycles. The van der Waals surface area contributed by atoms with Gasteiger partial charge in [-0.2, -0.15) is 0 Å². The summed E-state index contributed by atoms with van der Waals surface area (Å²) in [6.45, 7) is 9.39. The summed E-state index contributed by atoms with van der Waals surface area (Å²) < 4.78 is 7.87. The summed E-state index contributed by atoms with van der Waals surface area (Å²) in [6.07, 6.45) is 2.78. The number of aryl methyl sites for hydroxylation is 1. The Balaban J connectivity index is 1.45. The third-order valence-electron chi connectivity index (χ3n) is 5.80. The maximum Gasteiger partial charge on any atom is 0.237 e. The van der Waals surface area contributed by atoms with Crippen LogP contribution in [0.1, 0.15) is 25.2 Å². The smallest absolute Gasteiger partial charge is 0.237 e. The van der Waals surface area contributed by atoms with Crippen LogP contribution in [-0.2, 0) is 24.4 Å². The summed E-state index contributed by atoms with van der Waals surface area (Å²) in [5, 5.41) is 11.5. The lowest BCUT2D eigenvalue weighted by Crippen LogP contribution is -2.32. The summed E-state index contributed by atoms with van der Waals surface area (Å²) >= 11 is 1.38. The van der Waals surface area contributed by atoms with Crippen LogP contribution < -0.4 is 9.64 Å². The number of rotatable bonds is 11. The van der Waals surface area contributed by atoms with E-state index in [4.69, 9.17) is 4.74 Å². The predicted octanol–water partition coefficient (Wildman–Crippen LogP) is 5.90. The molecule has 1 amide bonds. The van der Waals surface area contributed by atoms with Crippen molar-refractivity contribution in [2.75, 3.05) is 17.2 Å². The van der Waals surface area contributed by atoms with E-state index in [9.17, 15) is 4.79 Å². The molecular formula is C28H30N4O2S. The minimum absolute atomic E-state index is 0.0239. The summed E-state index contributed by atoms with van der Waals surface area (Å²) in [5.74, 6) is 1.76. The molecule has 1 heterocycles. The molecule has 0 radical (unpaired) electrons. The summed E-state index contributed by atoms with van der Waals surface area (Å²) in [5.41, 5.74) is 2.19. The number of carbonyl (C=O) groups is 1. The van der Waals surface area contributed by atoms with Crippen LogP contribution in [0.3, 0.4) is 0 Å². The molecule has 7 heteroatoms. The van der Waals surface area contributed by atoms with Crippen molar-refractivity contribution in [2.45, 2.75) is 38.6 Å². The Morgan fingerprint density at radius 1 is 1.06 bits per heavy atom. The lowest BCUT2D eigenvalue weighted by molar-refractivity contribution is -0.116. The molecular weight excluding hydrogens is 456 g/mol. The van der Waals surface area contributed by atoms with Gasteiger partial charge in [-0.05, 0) is 42.5 Å². The second kappa shape index (κ2) is 11.7. The predicted molar refractivity (Wildman–Crippen MR) is 143 cm³/mol. The fourth-order valence-electron chi connectivity index (χ4n) is 3.94. The zero-order chi connectivity index (χ0) is 24.6. The van der Waals surface area contributed by atoms with Gasteiger partial charge in [0.2, 0.25) is 5.91 Å². The number of ether oxygens (including phenoxy) is 1. The zero-order valence-corrected chi connectivity index (χ0v) is 21.0. The normalized spacial score (nSPS) is 10.9. The van der Waals surface area contributed by atoms with E-state index < -0.39 is 0 Å². The van der Waals surface area contributed by atoms with Gasteiger partial charge in [0.15, 0.2) is 11.0 Å². The summed E-state index contributed by atoms with van der Waals surface area (Å²) in [4.78, 5) is 15.1. The molecule has 180 valence electrons. The van der Waals surface area contributed by atoms with Crippen molar-refractivity contribution in [3.8, 4) is 5.75 Å². The van der Waals surface area contributed by atoms with Crippen molar-refractivity contribution in [1.29, 1.82) is 0 Å². The van der Waals surface area contributed by atoms with E-state index in [2.05, 4.69) is 54.0 Å². The molecule has 0 bridgehead atoms. The van der Waals surface area contributed by atoms with E-state index in [1.807, 2.05) is 52.8 Å². The van der Waals surface area contributed by atoms with Crippen LogP contribution >= 0.6 is 11.8 Å². The number of allylic oxidation sites excluding steroid dienone is 1. The van der Waals surface area contributed by atoms with Gasteiger partial charge in [-0.1, -0.05) is 73.3 Å². The molecule has 4 aromatic rings. The lowest BCUT2D eigenvalue weighted by atomic mass is 10.1. The highest BCUT2D eigenvalue weighted by molar-refractivity contribution is 7.99. The van der Waals surface area contributed by atoms with Gasteiger partial charge >= 0.3 is 0 Å². The van der Waals surface area contributed by atoms with Crippen LogP contribution in [0.25, 0.3) is 10.8 Å². The molecule has 1 aromatic heterocycles. The number of hydrogen-bond acceptors (Lipinski definition) is 5. The number of nitrogens with zero attached hydrogens (tertiary/aromatic N) is 4. The first kappa shape index (κ1) is 24.5.